The summed E-state index contributed by atoms with van der Waals surface area (Å²) in [4.78, 5) is 24.0. The summed E-state index contributed by atoms with van der Waals surface area (Å²) in [5.74, 6) is -0.335. The maximum atomic E-state index is 12.6. The monoisotopic (exact) mass is 378 g/mol. The van der Waals surface area contributed by atoms with Crippen LogP contribution in [-0.4, -0.2) is 19.0 Å². The number of nitrogen functional groups attached to an aromatic ring is 1. The maximum absolute atomic E-state index is 12.6. The summed E-state index contributed by atoms with van der Waals surface area (Å²) in [6.45, 7) is 0.0584. The molecule has 142 valence electrons. The number of methoxy groups -OCH3 is 1. The first-order valence-electron chi connectivity index (χ1n) is 10.0. The van der Waals surface area contributed by atoms with E-state index >= 15 is 0 Å². The van der Waals surface area contributed by atoms with Crippen molar-refractivity contribution in [3.8, 4) is 11.1 Å². The Labute approximate surface area is 167 Å². The third kappa shape index (κ3) is 4.67. The van der Waals surface area contributed by atoms with Gasteiger partial charge in [0.2, 0.25) is 0 Å². The maximum Gasteiger partial charge on any atom is 0.407 e. The Hall–Kier alpha value is -3.80. The van der Waals surface area contributed by atoms with Crippen molar-refractivity contribution in [3.63, 3.8) is 0 Å². The highest BCUT2D eigenvalue weighted by Gasteiger charge is 2.10. The fourth-order valence-corrected chi connectivity index (χ4v) is 2.65. The normalized spacial score (nSPS) is 12.2. The van der Waals surface area contributed by atoms with Gasteiger partial charge in [0.1, 0.15) is 0 Å². The number of hydrogen-bond donors (Lipinski definition) is 3. The lowest BCUT2D eigenvalue weighted by Gasteiger charge is -2.11. The van der Waals surface area contributed by atoms with Crippen LogP contribution in [0, 0.1) is 0 Å². The minimum atomic E-state index is -2.80. The van der Waals surface area contributed by atoms with Crippen LogP contribution in [0.4, 0.5) is 16.2 Å². The molecule has 0 unspecified atom stereocenters. The molecule has 0 bridgehead atoms. The minimum absolute atomic E-state index is 0.0584. The van der Waals surface area contributed by atoms with Crippen molar-refractivity contribution >= 4 is 23.4 Å². The zero-order chi connectivity index (χ0) is 22.4. The van der Waals surface area contributed by atoms with E-state index in [0.717, 1.165) is 11.1 Å². The van der Waals surface area contributed by atoms with Crippen molar-refractivity contribution < 1.29 is 18.4 Å². The van der Waals surface area contributed by atoms with Gasteiger partial charge in [0.15, 0.2) is 0 Å². The highest BCUT2D eigenvalue weighted by Crippen LogP contribution is 2.27. The molecule has 4 N–H and O–H groups in total. The van der Waals surface area contributed by atoms with E-state index in [1.165, 1.54) is 0 Å². The standard InChI is InChI=1S/C22H21N3O3/c1-28-22(27)24-14-15-7-9-17(10-8-15)21(26)25-20-13-18(11-12-19(20)23)16-5-3-2-4-6-16/h2-13H,14,23H2,1H3,(H,24,27)(H,25,26)/i1D3. The average molecular weight is 378 g/mol. The first-order chi connectivity index (χ1) is 14.7. The number of ether oxygens (including phenoxy) is 1. The van der Waals surface area contributed by atoms with Crippen LogP contribution >= 0.6 is 0 Å². The van der Waals surface area contributed by atoms with Gasteiger partial charge in [-0.2, -0.15) is 0 Å². The van der Waals surface area contributed by atoms with Crippen molar-refractivity contribution in [3.05, 3.63) is 83.9 Å². The lowest BCUT2D eigenvalue weighted by Crippen LogP contribution is -2.22. The third-order valence-electron chi connectivity index (χ3n) is 4.15. The third-order valence-corrected chi connectivity index (χ3v) is 4.15. The summed E-state index contributed by atoms with van der Waals surface area (Å²) in [6, 6.07) is 21.7. The van der Waals surface area contributed by atoms with Crippen LogP contribution in [0.1, 0.15) is 20.0 Å². The Kier molecular flexibility index (Phi) is 4.76. The molecule has 6 nitrogen and oxygen atoms in total. The number of alkyl carbamates (subject to hydrolysis) is 1. The molecule has 0 aliphatic carbocycles. The number of nitrogens with one attached hydrogen (secondary N) is 2. The van der Waals surface area contributed by atoms with Gasteiger partial charge in [-0.05, 0) is 41.0 Å². The van der Waals surface area contributed by atoms with Crippen LogP contribution in [-0.2, 0) is 11.3 Å². The molecule has 0 fully saturated rings. The topological polar surface area (TPSA) is 93.4 Å². The Balaban J connectivity index is 1.64. The molecule has 0 saturated carbocycles. The van der Waals surface area contributed by atoms with Gasteiger partial charge in [0.05, 0.1) is 22.5 Å². The van der Waals surface area contributed by atoms with Gasteiger partial charge in [-0.15, -0.1) is 0 Å². The lowest BCUT2D eigenvalue weighted by atomic mass is 10.0. The molecule has 0 aliphatic rings. The molecule has 0 heterocycles. The van der Waals surface area contributed by atoms with Gasteiger partial charge in [-0.3, -0.25) is 4.79 Å². The number of benzene rings is 3. The quantitative estimate of drug-likeness (QED) is 0.584. The fourth-order valence-electron chi connectivity index (χ4n) is 2.65. The summed E-state index contributed by atoms with van der Waals surface area (Å²) in [7, 11) is -2.80. The minimum Gasteiger partial charge on any atom is -0.453 e. The molecule has 28 heavy (non-hydrogen) atoms. The van der Waals surface area contributed by atoms with Crippen molar-refractivity contribution in [2.24, 2.45) is 0 Å². The van der Waals surface area contributed by atoms with E-state index < -0.39 is 13.1 Å². The van der Waals surface area contributed by atoms with Gasteiger partial charge < -0.3 is 21.1 Å². The first-order valence-corrected chi connectivity index (χ1v) is 8.53. The second-order valence-corrected chi connectivity index (χ2v) is 6.06. The molecular formula is C22H21N3O3. The molecule has 0 spiro atoms. The number of carbonyl (C=O) groups is 2. The summed E-state index contributed by atoms with van der Waals surface area (Å²) in [5, 5.41) is 5.15. The van der Waals surface area contributed by atoms with Crippen LogP contribution in [0.5, 0.6) is 0 Å². The zero-order valence-electron chi connectivity index (χ0n) is 17.9. The molecule has 3 rings (SSSR count). The molecule has 0 radical (unpaired) electrons. The van der Waals surface area contributed by atoms with Crippen LogP contribution < -0.4 is 16.4 Å². The Bertz CT molecular complexity index is 1070. The first kappa shape index (κ1) is 15.3. The predicted octanol–water partition coefficient (Wildman–Crippen LogP) is 4.04. The largest absolute Gasteiger partial charge is 0.453 e. The van der Waals surface area contributed by atoms with E-state index in [1.54, 1.807) is 30.3 Å². The van der Waals surface area contributed by atoms with Crippen LogP contribution in [0.15, 0.2) is 72.8 Å². The van der Waals surface area contributed by atoms with E-state index in [0.29, 0.717) is 22.5 Å². The van der Waals surface area contributed by atoms with Crippen molar-refractivity contribution in [2.45, 2.75) is 6.54 Å². The van der Waals surface area contributed by atoms with Crippen molar-refractivity contribution in [2.75, 3.05) is 18.1 Å². The van der Waals surface area contributed by atoms with Gasteiger partial charge in [0.25, 0.3) is 5.91 Å². The summed E-state index contributed by atoms with van der Waals surface area (Å²) >= 11 is 0. The highest BCUT2D eigenvalue weighted by molar-refractivity contribution is 6.06. The molecule has 0 aromatic heterocycles. The molecular weight excluding hydrogens is 354 g/mol. The summed E-state index contributed by atoms with van der Waals surface area (Å²) in [6.07, 6.45) is -1.05. The molecule has 3 aromatic carbocycles. The van der Waals surface area contributed by atoms with E-state index in [9.17, 15) is 9.59 Å². The number of rotatable bonds is 5. The molecule has 6 heteroatoms. The molecule has 0 saturated heterocycles. The van der Waals surface area contributed by atoms with Crippen molar-refractivity contribution in [1.82, 2.24) is 5.32 Å². The van der Waals surface area contributed by atoms with Crippen LogP contribution in [0.2, 0.25) is 0 Å². The molecule has 0 atom stereocenters. The number of amides is 2. The number of anilines is 2. The molecule has 0 aliphatic heterocycles. The average Bonchev–Trinajstić information content (AvgIpc) is 2.73. The smallest absolute Gasteiger partial charge is 0.407 e. The molecule has 2 amide bonds. The van der Waals surface area contributed by atoms with Gasteiger partial charge in [-0.1, -0.05) is 48.5 Å². The van der Waals surface area contributed by atoms with E-state index in [4.69, 9.17) is 9.85 Å². The fraction of sp³-hybridized carbons (Fsp3) is 0.0909. The number of hydrogen-bond acceptors (Lipinski definition) is 4. The Morgan fingerprint density at radius 2 is 1.75 bits per heavy atom. The number of carbonyl (C=O) groups excluding carboxylic acids is 2. The Morgan fingerprint density at radius 3 is 2.46 bits per heavy atom. The SMILES string of the molecule is [2H]C([2H])([2H])OC(=O)NCc1ccc(C(=O)Nc2cc(-c3ccccc3)ccc2N)cc1. The second-order valence-electron chi connectivity index (χ2n) is 6.06. The van der Waals surface area contributed by atoms with Crippen molar-refractivity contribution in [1.29, 1.82) is 0 Å². The lowest BCUT2D eigenvalue weighted by molar-refractivity contribution is 0.102. The predicted molar refractivity (Wildman–Crippen MR) is 110 cm³/mol. The zero-order valence-corrected chi connectivity index (χ0v) is 14.9. The van der Waals surface area contributed by atoms with E-state index in [2.05, 4.69) is 15.4 Å². The van der Waals surface area contributed by atoms with Gasteiger partial charge >= 0.3 is 6.09 Å². The van der Waals surface area contributed by atoms with E-state index in [-0.39, 0.29) is 12.5 Å². The van der Waals surface area contributed by atoms with Crippen LogP contribution in [0.25, 0.3) is 11.1 Å². The number of nitrogens with two attached hydrogens (primary N) is 1. The summed E-state index contributed by atoms with van der Waals surface area (Å²) < 4.78 is 24.9. The highest BCUT2D eigenvalue weighted by atomic mass is 16.5. The van der Waals surface area contributed by atoms with E-state index in [1.807, 2.05) is 42.5 Å². The van der Waals surface area contributed by atoms with Gasteiger partial charge in [0, 0.05) is 12.1 Å². The summed E-state index contributed by atoms with van der Waals surface area (Å²) in [5.41, 5.74) is 9.98. The van der Waals surface area contributed by atoms with Gasteiger partial charge in [-0.25, -0.2) is 4.79 Å². The molecule has 3 aromatic rings. The second kappa shape index (κ2) is 8.73. The van der Waals surface area contributed by atoms with Crippen LogP contribution in [0.3, 0.4) is 0 Å². The Morgan fingerprint density at radius 1 is 1.00 bits per heavy atom.